The fraction of sp³-hybridized carbons (Fsp3) is 0.733. The SMILES string of the molecule is CNc1cc(N2CCC(CN3CCCC3)CC2)ncn1. The molecule has 0 unspecified atom stereocenters. The van der Waals surface area contributed by atoms with Crippen LogP contribution < -0.4 is 10.2 Å². The molecule has 110 valence electrons. The summed E-state index contributed by atoms with van der Waals surface area (Å²) in [5, 5.41) is 3.08. The molecule has 0 spiro atoms. The normalized spacial score (nSPS) is 21.4. The molecule has 0 bridgehead atoms. The van der Waals surface area contributed by atoms with E-state index in [1.807, 2.05) is 13.1 Å². The average Bonchev–Trinajstić information content (AvgIpc) is 3.01. The largest absolute Gasteiger partial charge is 0.373 e. The van der Waals surface area contributed by atoms with Crippen LogP contribution in [0.25, 0.3) is 0 Å². The van der Waals surface area contributed by atoms with Crippen LogP contribution >= 0.6 is 0 Å². The smallest absolute Gasteiger partial charge is 0.134 e. The maximum atomic E-state index is 4.40. The summed E-state index contributed by atoms with van der Waals surface area (Å²) in [6, 6.07) is 2.04. The Morgan fingerprint density at radius 2 is 1.90 bits per heavy atom. The number of nitrogens with one attached hydrogen (secondary N) is 1. The van der Waals surface area contributed by atoms with Crippen molar-refractivity contribution < 1.29 is 0 Å². The lowest BCUT2D eigenvalue weighted by Gasteiger charge is -2.34. The molecule has 3 rings (SSSR count). The van der Waals surface area contributed by atoms with Gasteiger partial charge in [0.2, 0.25) is 0 Å². The first-order valence-corrected chi connectivity index (χ1v) is 7.82. The van der Waals surface area contributed by atoms with Gasteiger partial charge in [0.1, 0.15) is 18.0 Å². The highest BCUT2D eigenvalue weighted by Gasteiger charge is 2.23. The second-order valence-electron chi connectivity index (χ2n) is 5.95. The lowest BCUT2D eigenvalue weighted by molar-refractivity contribution is 0.249. The van der Waals surface area contributed by atoms with Gasteiger partial charge < -0.3 is 15.1 Å². The predicted molar refractivity (Wildman–Crippen MR) is 82.2 cm³/mol. The monoisotopic (exact) mass is 275 g/mol. The van der Waals surface area contributed by atoms with Crippen molar-refractivity contribution in [3.05, 3.63) is 12.4 Å². The number of likely N-dealkylation sites (tertiary alicyclic amines) is 1. The molecule has 0 saturated carbocycles. The van der Waals surface area contributed by atoms with E-state index in [1.165, 1.54) is 45.3 Å². The van der Waals surface area contributed by atoms with Gasteiger partial charge in [-0.05, 0) is 44.7 Å². The third kappa shape index (κ3) is 3.20. The molecule has 20 heavy (non-hydrogen) atoms. The van der Waals surface area contributed by atoms with Crippen LogP contribution in [0.5, 0.6) is 0 Å². The summed E-state index contributed by atoms with van der Waals surface area (Å²) in [5.41, 5.74) is 0. The Kier molecular flexibility index (Phi) is 4.35. The summed E-state index contributed by atoms with van der Waals surface area (Å²) >= 11 is 0. The minimum absolute atomic E-state index is 0.870. The van der Waals surface area contributed by atoms with Crippen LogP contribution in [-0.2, 0) is 0 Å². The second-order valence-corrected chi connectivity index (χ2v) is 5.95. The van der Waals surface area contributed by atoms with E-state index in [0.717, 1.165) is 30.6 Å². The molecule has 1 N–H and O–H groups in total. The van der Waals surface area contributed by atoms with Crippen LogP contribution in [0, 0.1) is 5.92 Å². The van der Waals surface area contributed by atoms with Crippen molar-refractivity contribution in [1.29, 1.82) is 0 Å². The highest BCUT2D eigenvalue weighted by Crippen LogP contribution is 2.24. The number of nitrogens with zero attached hydrogens (tertiary/aromatic N) is 4. The van der Waals surface area contributed by atoms with E-state index in [1.54, 1.807) is 6.33 Å². The molecule has 1 aromatic rings. The number of piperidine rings is 1. The van der Waals surface area contributed by atoms with E-state index >= 15 is 0 Å². The molecule has 1 aromatic heterocycles. The third-order valence-electron chi connectivity index (χ3n) is 4.56. The fourth-order valence-electron chi connectivity index (χ4n) is 3.33. The summed E-state index contributed by atoms with van der Waals surface area (Å²) in [6.07, 6.45) is 7.02. The van der Waals surface area contributed by atoms with Crippen molar-refractivity contribution in [3.63, 3.8) is 0 Å². The van der Waals surface area contributed by atoms with Gasteiger partial charge in [-0.2, -0.15) is 0 Å². The van der Waals surface area contributed by atoms with Gasteiger partial charge in [0.25, 0.3) is 0 Å². The number of aromatic nitrogens is 2. The highest BCUT2D eigenvalue weighted by atomic mass is 15.2. The van der Waals surface area contributed by atoms with Gasteiger partial charge in [-0.3, -0.25) is 0 Å². The molecule has 0 amide bonds. The van der Waals surface area contributed by atoms with Gasteiger partial charge in [-0.25, -0.2) is 9.97 Å². The number of anilines is 2. The molecule has 0 radical (unpaired) electrons. The molecule has 0 aliphatic carbocycles. The number of hydrogen-bond acceptors (Lipinski definition) is 5. The maximum Gasteiger partial charge on any atom is 0.134 e. The molecule has 2 fully saturated rings. The lowest BCUT2D eigenvalue weighted by atomic mass is 9.96. The third-order valence-corrected chi connectivity index (χ3v) is 4.56. The van der Waals surface area contributed by atoms with Crippen molar-refractivity contribution in [2.24, 2.45) is 5.92 Å². The first-order chi connectivity index (χ1) is 9.85. The first kappa shape index (κ1) is 13.6. The topological polar surface area (TPSA) is 44.3 Å². The number of hydrogen-bond donors (Lipinski definition) is 1. The van der Waals surface area contributed by atoms with Gasteiger partial charge in [0.05, 0.1) is 0 Å². The molecule has 2 aliphatic rings. The van der Waals surface area contributed by atoms with E-state index in [9.17, 15) is 0 Å². The molecular weight excluding hydrogens is 250 g/mol. The quantitative estimate of drug-likeness (QED) is 0.908. The Morgan fingerprint density at radius 3 is 2.60 bits per heavy atom. The zero-order chi connectivity index (χ0) is 13.8. The van der Waals surface area contributed by atoms with Crippen LogP contribution in [0.15, 0.2) is 12.4 Å². The lowest BCUT2D eigenvalue weighted by Crippen LogP contribution is -2.38. The Balaban J connectivity index is 1.52. The summed E-state index contributed by atoms with van der Waals surface area (Å²) in [5.74, 6) is 2.83. The Labute approximate surface area is 121 Å². The van der Waals surface area contributed by atoms with Gasteiger partial charge in [-0.1, -0.05) is 0 Å². The standard InChI is InChI=1S/C15H25N5/c1-16-14-10-15(18-12-17-14)20-8-4-13(5-9-20)11-19-6-2-3-7-19/h10,12-13H,2-9,11H2,1H3,(H,16,17,18). The molecule has 3 heterocycles. The molecular formula is C15H25N5. The Bertz CT molecular complexity index is 422. The van der Waals surface area contributed by atoms with Crippen LogP contribution in [0.2, 0.25) is 0 Å². The zero-order valence-corrected chi connectivity index (χ0v) is 12.4. The van der Waals surface area contributed by atoms with Gasteiger partial charge >= 0.3 is 0 Å². The van der Waals surface area contributed by atoms with Crippen LogP contribution in [-0.4, -0.2) is 54.6 Å². The molecule has 5 heteroatoms. The summed E-state index contributed by atoms with van der Waals surface area (Å²) in [4.78, 5) is 13.6. The van der Waals surface area contributed by atoms with Gasteiger partial charge in [0, 0.05) is 32.7 Å². The minimum Gasteiger partial charge on any atom is -0.373 e. The summed E-state index contributed by atoms with van der Waals surface area (Å²) in [6.45, 7) is 6.19. The first-order valence-electron chi connectivity index (χ1n) is 7.82. The van der Waals surface area contributed by atoms with E-state index < -0.39 is 0 Å². The highest BCUT2D eigenvalue weighted by molar-refractivity contribution is 5.48. The average molecular weight is 275 g/mol. The van der Waals surface area contributed by atoms with E-state index in [4.69, 9.17) is 0 Å². The molecule has 2 aliphatic heterocycles. The maximum absolute atomic E-state index is 4.40. The van der Waals surface area contributed by atoms with Crippen molar-refractivity contribution in [3.8, 4) is 0 Å². The molecule has 0 atom stereocenters. The molecule has 5 nitrogen and oxygen atoms in total. The van der Waals surface area contributed by atoms with Crippen LogP contribution in [0.3, 0.4) is 0 Å². The van der Waals surface area contributed by atoms with Crippen molar-refractivity contribution in [1.82, 2.24) is 14.9 Å². The van der Waals surface area contributed by atoms with Crippen molar-refractivity contribution in [2.75, 3.05) is 50.0 Å². The van der Waals surface area contributed by atoms with Crippen molar-refractivity contribution in [2.45, 2.75) is 25.7 Å². The Morgan fingerprint density at radius 1 is 1.15 bits per heavy atom. The predicted octanol–water partition coefficient (Wildman–Crippen LogP) is 1.83. The van der Waals surface area contributed by atoms with E-state index in [0.29, 0.717) is 0 Å². The van der Waals surface area contributed by atoms with E-state index in [2.05, 4.69) is 25.1 Å². The Hall–Kier alpha value is -1.36. The van der Waals surface area contributed by atoms with Gasteiger partial charge in [-0.15, -0.1) is 0 Å². The molecule has 0 aromatic carbocycles. The number of rotatable bonds is 4. The van der Waals surface area contributed by atoms with Gasteiger partial charge in [0.15, 0.2) is 0 Å². The minimum atomic E-state index is 0.870. The van der Waals surface area contributed by atoms with E-state index in [-0.39, 0.29) is 0 Å². The van der Waals surface area contributed by atoms with Crippen LogP contribution in [0.4, 0.5) is 11.6 Å². The molecule has 2 saturated heterocycles. The summed E-state index contributed by atoms with van der Waals surface area (Å²) in [7, 11) is 1.90. The summed E-state index contributed by atoms with van der Waals surface area (Å²) < 4.78 is 0. The second kappa shape index (κ2) is 6.39. The van der Waals surface area contributed by atoms with Crippen molar-refractivity contribution >= 4 is 11.6 Å². The zero-order valence-electron chi connectivity index (χ0n) is 12.4. The van der Waals surface area contributed by atoms with Crippen LogP contribution in [0.1, 0.15) is 25.7 Å². The fourth-order valence-corrected chi connectivity index (χ4v) is 3.33.